The van der Waals surface area contributed by atoms with Crippen molar-refractivity contribution >= 4 is 18.6 Å². The van der Waals surface area contributed by atoms with Gasteiger partial charge < -0.3 is 5.11 Å². The first-order valence-corrected chi connectivity index (χ1v) is 5.30. The van der Waals surface area contributed by atoms with E-state index in [4.69, 9.17) is 5.11 Å². The molecule has 0 spiro atoms. The summed E-state index contributed by atoms with van der Waals surface area (Å²) in [6.07, 6.45) is 0.739. The standard InChI is InChI=1S/C12H16O2S/c1-12(2,3)7-8-5-4-6-9(15)10(8)11(13)14/h4-6,15H,7H2,1-3H3,(H,13,14). The summed E-state index contributed by atoms with van der Waals surface area (Å²) in [6, 6.07) is 5.41. The highest BCUT2D eigenvalue weighted by molar-refractivity contribution is 7.80. The Bertz CT molecular complexity index is 378. The molecular weight excluding hydrogens is 208 g/mol. The lowest BCUT2D eigenvalue weighted by Crippen LogP contribution is -2.13. The molecule has 3 heteroatoms. The van der Waals surface area contributed by atoms with Crippen molar-refractivity contribution in [3.05, 3.63) is 29.3 Å². The molecule has 15 heavy (non-hydrogen) atoms. The molecule has 0 saturated heterocycles. The molecule has 0 bridgehead atoms. The van der Waals surface area contributed by atoms with Gasteiger partial charge in [-0.1, -0.05) is 32.9 Å². The van der Waals surface area contributed by atoms with Crippen LogP contribution in [0.4, 0.5) is 0 Å². The molecule has 0 atom stereocenters. The predicted octanol–water partition coefficient (Wildman–Crippen LogP) is 3.26. The van der Waals surface area contributed by atoms with Gasteiger partial charge in [-0.15, -0.1) is 12.6 Å². The van der Waals surface area contributed by atoms with Gasteiger partial charge in [-0.3, -0.25) is 0 Å². The van der Waals surface area contributed by atoms with Crippen molar-refractivity contribution < 1.29 is 9.90 Å². The number of thiol groups is 1. The van der Waals surface area contributed by atoms with Crippen LogP contribution in [0.2, 0.25) is 0 Å². The quantitative estimate of drug-likeness (QED) is 0.757. The van der Waals surface area contributed by atoms with Crippen molar-refractivity contribution in [2.75, 3.05) is 0 Å². The van der Waals surface area contributed by atoms with Crippen molar-refractivity contribution in [2.24, 2.45) is 5.41 Å². The Balaban J connectivity index is 3.18. The fourth-order valence-electron chi connectivity index (χ4n) is 1.55. The van der Waals surface area contributed by atoms with Crippen LogP contribution in [0.1, 0.15) is 36.7 Å². The lowest BCUT2D eigenvalue weighted by atomic mass is 9.86. The van der Waals surface area contributed by atoms with E-state index in [1.807, 2.05) is 12.1 Å². The number of aromatic carboxylic acids is 1. The van der Waals surface area contributed by atoms with Crippen molar-refractivity contribution in [1.82, 2.24) is 0 Å². The number of hydrogen-bond donors (Lipinski definition) is 2. The van der Waals surface area contributed by atoms with Crippen molar-refractivity contribution in [3.63, 3.8) is 0 Å². The topological polar surface area (TPSA) is 37.3 Å². The molecule has 0 aliphatic heterocycles. The van der Waals surface area contributed by atoms with Gasteiger partial charge in [0, 0.05) is 4.90 Å². The van der Waals surface area contributed by atoms with Crippen LogP contribution in [-0.2, 0) is 6.42 Å². The van der Waals surface area contributed by atoms with Crippen LogP contribution in [0.25, 0.3) is 0 Å². The molecule has 1 N–H and O–H groups in total. The van der Waals surface area contributed by atoms with E-state index in [1.165, 1.54) is 0 Å². The molecule has 82 valence electrons. The molecule has 0 aliphatic carbocycles. The summed E-state index contributed by atoms with van der Waals surface area (Å²) < 4.78 is 0. The second kappa shape index (κ2) is 4.27. The maximum atomic E-state index is 11.1. The fraction of sp³-hybridized carbons (Fsp3) is 0.417. The summed E-state index contributed by atoms with van der Waals surface area (Å²) in [5, 5.41) is 9.09. The molecule has 0 radical (unpaired) electrons. The molecule has 0 aliphatic rings. The zero-order valence-corrected chi connectivity index (χ0v) is 10.1. The second-order valence-electron chi connectivity index (χ2n) is 4.85. The third-order valence-electron chi connectivity index (χ3n) is 2.06. The highest BCUT2D eigenvalue weighted by Gasteiger charge is 2.18. The first-order valence-electron chi connectivity index (χ1n) is 4.85. The number of carbonyl (C=O) groups is 1. The van der Waals surface area contributed by atoms with E-state index in [1.54, 1.807) is 6.07 Å². The SMILES string of the molecule is CC(C)(C)Cc1cccc(S)c1C(=O)O. The maximum Gasteiger partial charge on any atom is 0.337 e. The highest BCUT2D eigenvalue weighted by Crippen LogP contribution is 2.26. The maximum absolute atomic E-state index is 11.1. The Morgan fingerprint density at radius 2 is 2.00 bits per heavy atom. The number of carboxylic acids is 1. The van der Waals surface area contributed by atoms with Crippen molar-refractivity contribution in [1.29, 1.82) is 0 Å². The Kier molecular flexibility index (Phi) is 3.45. The fourth-order valence-corrected chi connectivity index (χ4v) is 1.88. The van der Waals surface area contributed by atoms with E-state index < -0.39 is 5.97 Å². The van der Waals surface area contributed by atoms with Gasteiger partial charge in [-0.05, 0) is 23.5 Å². The van der Waals surface area contributed by atoms with Crippen LogP contribution in [0, 0.1) is 5.41 Å². The van der Waals surface area contributed by atoms with Gasteiger partial charge in [0.25, 0.3) is 0 Å². The molecule has 0 unspecified atom stereocenters. The number of hydrogen-bond acceptors (Lipinski definition) is 2. The van der Waals surface area contributed by atoms with Crippen LogP contribution in [0.15, 0.2) is 23.1 Å². The first kappa shape index (κ1) is 12.1. The third kappa shape index (κ3) is 3.27. The second-order valence-corrected chi connectivity index (χ2v) is 5.34. The molecule has 0 saturated carbocycles. The summed E-state index contributed by atoms with van der Waals surface area (Å²) in [7, 11) is 0. The van der Waals surface area contributed by atoms with Gasteiger partial charge >= 0.3 is 5.97 Å². The molecule has 0 heterocycles. The van der Waals surface area contributed by atoms with Gasteiger partial charge in [-0.2, -0.15) is 0 Å². The minimum atomic E-state index is -0.903. The molecule has 0 amide bonds. The monoisotopic (exact) mass is 224 g/mol. The molecular formula is C12H16O2S. The van der Waals surface area contributed by atoms with Gasteiger partial charge in [0.2, 0.25) is 0 Å². The summed E-state index contributed by atoms with van der Waals surface area (Å²) in [6.45, 7) is 6.26. The van der Waals surface area contributed by atoms with Crippen molar-refractivity contribution in [3.8, 4) is 0 Å². The van der Waals surface area contributed by atoms with Gasteiger partial charge in [0.05, 0.1) is 5.56 Å². The Labute approximate surface area is 95.7 Å². The average Bonchev–Trinajstić information content (AvgIpc) is 1.99. The minimum Gasteiger partial charge on any atom is -0.478 e. The normalized spacial score (nSPS) is 11.5. The van der Waals surface area contributed by atoms with E-state index >= 15 is 0 Å². The van der Waals surface area contributed by atoms with E-state index in [9.17, 15) is 4.79 Å². The van der Waals surface area contributed by atoms with Crippen LogP contribution >= 0.6 is 12.6 Å². The largest absolute Gasteiger partial charge is 0.478 e. The zero-order valence-electron chi connectivity index (χ0n) is 9.24. The van der Waals surface area contributed by atoms with Gasteiger partial charge in [0.1, 0.15) is 0 Å². The van der Waals surface area contributed by atoms with Gasteiger partial charge in [-0.25, -0.2) is 4.79 Å². The summed E-state index contributed by atoms with van der Waals surface area (Å²) >= 11 is 4.18. The Morgan fingerprint density at radius 3 is 2.47 bits per heavy atom. The number of carboxylic acid groups (broad SMARTS) is 1. The van der Waals surface area contributed by atoms with Crippen LogP contribution in [-0.4, -0.2) is 11.1 Å². The molecule has 2 nitrogen and oxygen atoms in total. The molecule has 1 aromatic carbocycles. The van der Waals surface area contributed by atoms with Gasteiger partial charge in [0.15, 0.2) is 0 Å². The Morgan fingerprint density at radius 1 is 1.40 bits per heavy atom. The van der Waals surface area contributed by atoms with Crippen LogP contribution in [0.3, 0.4) is 0 Å². The van der Waals surface area contributed by atoms with E-state index in [0.29, 0.717) is 10.5 Å². The lowest BCUT2D eigenvalue weighted by Gasteiger charge is -2.19. The van der Waals surface area contributed by atoms with Crippen molar-refractivity contribution in [2.45, 2.75) is 32.1 Å². The lowest BCUT2D eigenvalue weighted by molar-refractivity contribution is 0.0691. The van der Waals surface area contributed by atoms with E-state index in [0.717, 1.165) is 12.0 Å². The summed E-state index contributed by atoms with van der Waals surface area (Å²) in [5.74, 6) is -0.903. The van der Waals surface area contributed by atoms with E-state index in [-0.39, 0.29) is 5.41 Å². The minimum absolute atomic E-state index is 0.0752. The Hall–Kier alpha value is -0.960. The smallest absolute Gasteiger partial charge is 0.337 e. The summed E-state index contributed by atoms with van der Waals surface area (Å²) in [4.78, 5) is 11.6. The van der Waals surface area contributed by atoms with E-state index in [2.05, 4.69) is 33.4 Å². The molecule has 0 fully saturated rings. The number of rotatable bonds is 2. The van der Waals surface area contributed by atoms with Crippen LogP contribution in [0.5, 0.6) is 0 Å². The molecule has 1 rings (SSSR count). The zero-order chi connectivity index (χ0) is 11.6. The average molecular weight is 224 g/mol. The predicted molar refractivity (Wildman–Crippen MR) is 63.8 cm³/mol. The van der Waals surface area contributed by atoms with Crippen LogP contribution < -0.4 is 0 Å². The first-order chi connectivity index (χ1) is 6.81. The summed E-state index contributed by atoms with van der Waals surface area (Å²) in [5.41, 5.74) is 1.25. The highest BCUT2D eigenvalue weighted by atomic mass is 32.1. The molecule has 1 aromatic rings. The number of benzene rings is 1. The third-order valence-corrected chi connectivity index (χ3v) is 2.44. The molecule has 0 aromatic heterocycles.